The van der Waals surface area contributed by atoms with Crippen molar-refractivity contribution in [2.75, 3.05) is 26.2 Å². The first-order valence-corrected chi connectivity index (χ1v) is 11.4. The molecule has 0 aliphatic carbocycles. The van der Waals surface area contributed by atoms with E-state index in [2.05, 4.69) is 5.10 Å². The van der Waals surface area contributed by atoms with Crippen molar-refractivity contribution in [2.24, 2.45) is 5.92 Å². The summed E-state index contributed by atoms with van der Waals surface area (Å²) in [5.41, 5.74) is -0.0850. The Morgan fingerprint density at radius 2 is 1.62 bits per heavy atom. The number of hydrogen-bond acceptors (Lipinski definition) is 4. The van der Waals surface area contributed by atoms with Crippen LogP contribution in [0.15, 0.2) is 35.1 Å². The molecule has 0 bridgehead atoms. The lowest BCUT2D eigenvalue weighted by Gasteiger charge is -2.33. The van der Waals surface area contributed by atoms with Crippen molar-refractivity contribution in [3.63, 3.8) is 0 Å². The van der Waals surface area contributed by atoms with Gasteiger partial charge in [-0.25, -0.2) is 9.07 Å². The SMILES string of the molecule is Cc1cc(=O)c(C(=O)N2CCC(C(=O)N3CCCCCC3)CC2)nn1-c1ccccc1F. The summed E-state index contributed by atoms with van der Waals surface area (Å²) >= 11 is 0. The fourth-order valence-electron chi connectivity index (χ4n) is 4.59. The lowest BCUT2D eigenvalue weighted by Crippen LogP contribution is -2.46. The van der Waals surface area contributed by atoms with Gasteiger partial charge in [-0.2, -0.15) is 5.10 Å². The van der Waals surface area contributed by atoms with Crippen LogP contribution in [-0.4, -0.2) is 57.6 Å². The molecule has 0 unspecified atom stereocenters. The number of likely N-dealkylation sites (tertiary alicyclic amines) is 2. The summed E-state index contributed by atoms with van der Waals surface area (Å²) < 4.78 is 15.6. The van der Waals surface area contributed by atoms with E-state index in [-0.39, 0.29) is 23.2 Å². The number of para-hydroxylation sites is 1. The smallest absolute Gasteiger partial charge is 0.278 e. The number of hydrogen-bond donors (Lipinski definition) is 0. The molecule has 0 N–H and O–H groups in total. The maximum Gasteiger partial charge on any atom is 0.278 e. The van der Waals surface area contributed by atoms with Gasteiger partial charge in [-0.15, -0.1) is 0 Å². The van der Waals surface area contributed by atoms with Gasteiger partial charge in [0.25, 0.3) is 5.91 Å². The Labute approximate surface area is 186 Å². The summed E-state index contributed by atoms with van der Waals surface area (Å²) in [6.07, 6.45) is 5.60. The normalized spacial score (nSPS) is 17.8. The number of nitrogens with zero attached hydrogens (tertiary/aromatic N) is 4. The molecule has 170 valence electrons. The number of aromatic nitrogens is 2. The molecular weight excluding hydrogens is 411 g/mol. The molecule has 2 aromatic rings. The molecule has 0 radical (unpaired) electrons. The van der Waals surface area contributed by atoms with Crippen LogP contribution in [-0.2, 0) is 4.79 Å². The van der Waals surface area contributed by atoms with E-state index in [1.807, 2.05) is 4.90 Å². The highest BCUT2D eigenvalue weighted by molar-refractivity contribution is 5.92. The van der Waals surface area contributed by atoms with Gasteiger partial charge in [0.1, 0.15) is 11.5 Å². The van der Waals surface area contributed by atoms with E-state index in [1.54, 1.807) is 30.0 Å². The minimum Gasteiger partial charge on any atom is -0.342 e. The number of carbonyl (C=O) groups is 2. The quantitative estimate of drug-likeness (QED) is 0.736. The predicted octanol–water partition coefficient (Wildman–Crippen LogP) is 2.93. The summed E-state index contributed by atoms with van der Waals surface area (Å²) in [6.45, 7) is 4.09. The van der Waals surface area contributed by atoms with Crippen molar-refractivity contribution in [3.8, 4) is 5.69 Å². The highest BCUT2D eigenvalue weighted by atomic mass is 19.1. The maximum atomic E-state index is 14.3. The van der Waals surface area contributed by atoms with Crippen LogP contribution in [0.1, 0.15) is 54.7 Å². The van der Waals surface area contributed by atoms with E-state index < -0.39 is 17.2 Å². The summed E-state index contributed by atoms with van der Waals surface area (Å²) in [7, 11) is 0. The zero-order valence-electron chi connectivity index (χ0n) is 18.4. The summed E-state index contributed by atoms with van der Waals surface area (Å²) in [5, 5.41) is 4.21. The summed E-state index contributed by atoms with van der Waals surface area (Å²) in [6, 6.07) is 7.41. The molecule has 7 nitrogen and oxygen atoms in total. The highest BCUT2D eigenvalue weighted by Gasteiger charge is 2.32. The van der Waals surface area contributed by atoms with Crippen LogP contribution in [0.3, 0.4) is 0 Å². The average molecular weight is 441 g/mol. The number of halogens is 1. The number of piperidine rings is 1. The summed E-state index contributed by atoms with van der Waals surface area (Å²) in [5.74, 6) is -0.855. The largest absolute Gasteiger partial charge is 0.342 e. The van der Waals surface area contributed by atoms with Crippen LogP contribution in [0.5, 0.6) is 0 Å². The number of aryl methyl sites for hydroxylation is 1. The second-order valence-electron chi connectivity index (χ2n) is 8.67. The van der Waals surface area contributed by atoms with Crippen LogP contribution in [0.2, 0.25) is 0 Å². The predicted molar refractivity (Wildman–Crippen MR) is 118 cm³/mol. The topological polar surface area (TPSA) is 75.5 Å². The molecule has 2 aliphatic rings. The third kappa shape index (κ3) is 4.59. The Morgan fingerprint density at radius 1 is 0.969 bits per heavy atom. The Morgan fingerprint density at radius 3 is 2.28 bits per heavy atom. The molecule has 2 amide bonds. The minimum atomic E-state index is -0.488. The molecule has 8 heteroatoms. The van der Waals surface area contributed by atoms with Crippen molar-refractivity contribution >= 4 is 11.8 Å². The minimum absolute atomic E-state index is 0.0850. The first-order valence-electron chi connectivity index (χ1n) is 11.4. The van der Waals surface area contributed by atoms with Gasteiger partial charge in [0.2, 0.25) is 11.3 Å². The molecule has 2 fully saturated rings. The number of rotatable bonds is 3. The molecule has 2 aliphatic heterocycles. The Balaban J connectivity index is 1.47. The molecule has 0 spiro atoms. The second-order valence-corrected chi connectivity index (χ2v) is 8.67. The van der Waals surface area contributed by atoms with Gasteiger partial charge in [0.15, 0.2) is 5.69 Å². The van der Waals surface area contributed by atoms with E-state index in [9.17, 15) is 18.8 Å². The third-order valence-electron chi connectivity index (χ3n) is 6.44. The summed E-state index contributed by atoms with van der Waals surface area (Å²) in [4.78, 5) is 42.1. The first-order chi connectivity index (χ1) is 15.5. The first kappa shape index (κ1) is 22.2. The number of carbonyl (C=O) groups excluding carboxylic acids is 2. The van der Waals surface area contributed by atoms with Crippen molar-refractivity contribution < 1.29 is 14.0 Å². The standard InChI is InChI=1S/C24H29FN4O3/c1-17-16-21(30)22(26-29(17)20-9-5-4-8-19(20)25)24(32)28-14-10-18(11-15-28)23(31)27-12-6-2-3-7-13-27/h4-5,8-9,16,18H,2-3,6-7,10-15H2,1H3. The molecular formula is C24H29FN4O3. The third-order valence-corrected chi connectivity index (χ3v) is 6.44. The van der Waals surface area contributed by atoms with Gasteiger partial charge in [-0.3, -0.25) is 14.4 Å². The van der Waals surface area contributed by atoms with Crippen LogP contribution < -0.4 is 5.43 Å². The van der Waals surface area contributed by atoms with E-state index in [0.717, 1.165) is 25.9 Å². The second kappa shape index (κ2) is 9.63. The van der Waals surface area contributed by atoms with E-state index >= 15 is 0 Å². The Hall–Kier alpha value is -3.03. The van der Waals surface area contributed by atoms with E-state index in [1.165, 1.54) is 29.7 Å². The fourth-order valence-corrected chi connectivity index (χ4v) is 4.59. The van der Waals surface area contributed by atoms with Gasteiger partial charge in [0, 0.05) is 43.9 Å². The molecule has 1 aromatic carbocycles. The molecule has 32 heavy (non-hydrogen) atoms. The zero-order valence-corrected chi connectivity index (χ0v) is 18.4. The Kier molecular flexibility index (Phi) is 6.67. The van der Waals surface area contributed by atoms with Crippen molar-refractivity contribution in [3.05, 3.63) is 57.8 Å². The van der Waals surface area contributed by atoms with Crippen LogP contribution >= 0.6 is 0 Å². The van der Waals surface area contributed by atoms with Crippen molar-refractivity contribution in [1.82, 2.24) is 19.6 Å². The molecule has 2 saturated heterocycles. The number of benzene rings is 1. The number of amides is 2. The molecule has 4 rings (SSSR count). The van der Waals surface area contributed by atoms with Crippen molar-refractivity contribution in [2.45, 2.75) is 45.4 Å². The zero-order chi connectivity index (χ0) is 22.7. The van der Waals surface area contributed by atoms with E-state index in [4.69, 9.17) is 0 Å². The Bertz CT molecular complexity index is 1050. The van der Waals surface area contributed by atoms with Crippen molar-refractivity contribution in [1.29, 1.82) is 0 Å². The lowest BCUT2D eigenvalue weighted by molar-refractivity contribution is -0.136. The van der Waals surface area contributed by atoms with Crippen LogP contribution in [0.25, 0.3) is 5.69 Å². The van der Waals surface area contributed by atoms with Gasteiger partial charge in [-0.05, 0) is 44.7 Å². The average Bonchev–Trinajstić information content (AvgIpc) is 3.09. The molecule has 0 saturated carbocycles. The maximum absolute atomic E-state index is 14.3. The molecule has 1 aromatic heterocycles. The van der Waals surface area contributed by atoms with Gasteiger partial charge in [-0.1, -0.05) is 25.0 Å². The van der Waals surface area contributed by atoms with Crippen LogP contribution in [0, 0.1) is 18.7 Å². The van der Waals surface area contributed by atoms with Gasteiger partial charge in [0.05, 0.1) is 0 Å². The lowest BCUT2D eigenvalue weighted by atomic mass is 9.95. The highest BCUT2D eigenvalue weighted by Crippen LogP contribution is 2.23. The van der Waals surface area contributed by atoms with Gasteiger partial charge < -0.3 is 9.80 Å². The van der Waals surface area contributed by atoms with E-state index in [0.29, 0.717) is 31.6 Å². The monoisotopic (exact) mass is 440 g/mol. The fraction of sp³-hybridized carbons (Fsp3) is 0.500. The van der Waals surface area contributed by atoms with Gasteiger partial charge >= 0.3 is 0 Å². The van der Waals surface area contributed by atoms with Crippen LogP contribution in [0.4, 0.5) is 4.39 Å². The molecule has 0 atom stereocenters. The molecule has 3 heterocycles.